The van der Waals surface area contributed by atoms with E-state index in [1.165, 1.54) is 38.5 Å². The van der Waals surface area contributed by atoms with Crippen molar-refractivity contribution in [1.82, 2.24) is 0 Å². The lowest BCUT2D eigenvalue weighted by Crippen LogP contribution is -2.31. The molecule has 0 heterocycles. The molecule has 2 heteroatoms. The third-order valence-electron chi connectivity index (χ3n) is 3.22. The smallest absolute Gasteiger partial charge is 0.232 e. The summed E-state index contributed by atoms with van der Waals surface area (Å²) in [6.07, 6.45) is 10.8. The molecule has 0 aromatic rings. The zero-order valence-corrected chi connectivity index (χ0v) is 12.7. The molecule has 0 spiro atoms. The average Bonchev–Trinajstić information content (AvgIpc) is 2.42. The summed E-state index contributed by atoms with van der Waals surface area (Å²) in [7, 11) is 3.35. The van der Waals surface area contributed by atoms with E-state index in [-0.39, 0.29) is 0 Å². The highest BCUT2D eigenvalue weighted by molar-refractivity contribution is 5.09. The molecule has 0 aliphatic rings. The quantitative estimate of drug-likeness (QED) is 0.324. The van der Waals surface area contributed by atoms with Gasteiger partial charge in [0, 0.05) is 27.1 Å². The Kier molecular flexibility index (Phi) is 11.2. The summed E-state index contributed by atoms with van der Waals surface area (Å²) in [6, 6.07) is 0. The molecule has 0 aliphatic heterocycles. The van der Waals surface area contributed by atoms with Gasteiger partial charge in [0.1, 0.15) is 0 Å². The van der Waals surface area contributed by atoms with Crippen LogP contribution in [-0.4, -0.2) is 20.0 Å². The third-order valence-corrected chi connectivity index (χ3v) is 3.22. The zero-order valence-electron chi connectivity index (χ0n) is 12.7. The van der Waals surface area contributed by atoms with Crippen molar-refractivity contribution in [2.75, 3.05) is 14.2 Å². The number of unbranched alkanes of at least 4 members (excludes halogenated alkanes) is 6. The second kappa shape index (κ2) is 11.6. The van der Waals surface area contributed by atoms with Gasteiger partial charge in [0.15, 0.2) is 0 Å². The first-order valence-corrected chi connectivity index (χ1v) is 7.35. The number of hydrogen-bond acceptors (Lipinski definition) is 2. The Morgan fingerprint density at radius 3 is 1.89 bits per heavy atom. The molecule has 0 saturated heterocycles. The number of methoxy groups -OCH3 is 2. The second-order valence-electron chi connectivity index (χ2n) is 4.69. The standard InChI is InChI=1S/C16H30O2/c1-5-7-9-10-11-12-13-15-16(17-3,18-4)14-8-6-2/h5-7,9-13,15H2,1-4H3. The minimum absolute atomic E-state index is 0.681. The maximum atomic E-state index is 5.44. The fourth-order valence-corrected chi connectivity index (χ4v) is 1.99. The molecule has 0 aromatic heterocycles. The minimum atomic E-state index is -0.681. The van der Waals surface area contributed by atoms with E-state index in [1.54, 1.807) is 14.2 Å². The first-order valence-electron chi connectivity index (χ1n) is 7.35. The summed E-state index contributed by atoms with van der Waals surface area (Å²) in [5.74, 6) is 5.48. The van der Waals surface area contributed by atoms with Crippen LogP contribution < -0.4 is 0 Å². The summed E-state index contributed by atoms with van der Waals surface area (Å²) in [5.41, 5.74) is 0. The molecule has 2 nitrogen and oxygen atoms in total. The van der Waals surface area contributed by atoms with Crippen molar-refractivity contribution in [3.05, 3.63) is 0 Å². The van der Waals surface area contributed by atoms with Gasteiger partial charge in [-0.05, 0) is 12.3 Å². The predicted molar refractivity (Wildman–Crippen MR) is 77.4 cm³/mol. The van der Waals surface area contributed by atoms with E-state index in [1.807, 2.05) is 6.92 Å². The van der Waals surface area contributed by atoms with Crippen LogP contribution in [0.2, 0.25) is 0 Å². The Bertz CT molecular complexity index is 233. The minimum Gasteiger partial charge on any atom is -0.343 e. The molecular formula is C16H30O2. The van der Waals surface area contributed by atoms with E-state index in [0.29, 0.717) is 0 Å². The molecule has 0 radical (unpaired) electrons. The topological polar surface area (TPSA) is 18.5 Å². The molecule has 0 amide bonds. The molecule has 0 atom stereocenters. The number of rotatable bonds is 10. The molecule has 106 valence electrons. The second-order valence-corrected chi connectivity index (χ2v) is 4.69. The van der Waals surface area contributed by atoms with Gasteiger partial charge in [-0.2, -0.15) is 0 Å². The van der Waals surface area contributed by atoms with Gasteiger partial charge in [-0.15, -0.1) is 0 Å². The summed E-state index contributed by atoms with van der Waals surface area (Å²) in [4.78, 5) is 0. The van der Waals surface area contributed by atoms with Crippen LogP contribution in [-0.2, 0) is 9.47 Å². The lowest BCUT2D eigenvalue weighted by molar-refractivity contribution is -0.167. The first-order chi connectivity index (χ1) is 8.74. The van der Waals surface area contributed by atoms with Crippen molar-refractivity contribution in [2.45, 2.75) is 77.4 Å². The Morgan fingerprint density at radius 2 is 1.39 bits per heavy atom. The van der Waals surface area contributed by atoms with Crippen LogP contribution in [0, 0.1) is 11.8 Å². The Labute approximate surface area is 113 Å². The fraction of sp³-hybridized carbons (Fsp3) is 0.875. The van der Waals surface area contributed by atoms with Gasteiger partial charge >= 0.3 is 0 Å². The molecule has 0 aliphatic carbocycles. The van der Waals surface area contributed by atoms with Crippen LogP contribution in [0.5, 0.6) is 0 Å². The Hall–Kier alpha value is -0.520. The van der Waals surface area contributed by atoms with Gasteiger partial charge in [0.25, 0.3) is 0 Å². The monoisotopic (exact) mass is 254 g/mol. The summed E-state index contributed by atoms with van der Waals surface area (Å²) < 4.78 is 10.9. The van der Waals surface area contributed by atoms with Gasteiger partial charge in [-0.1, -0.05) is 58.3 Å². The molecular weight excluding hydrogens is 224 g/mol. The van der Waals surface area contributed by atoms with E-state index in [9.17, 15) is 0 Å². The van der Waals surface area contributed by atoms with Gasteiger partial charge < -0.3 is 9.47 Å². The normalized spacial score (nSPS) is 11.1. The molecule has 0 fully saturated rings. The summed E-state index contributed by atoms with van der Waals surface area (Å²) in [5, 5.41) is 0. The maximum absolute atomic E-state index is 5.44. The van der Waals surface area contributed by atoms with Gasteiger partial charge in [0.05, 0.1) is 0 Å². The summed E-state index contributed by atoms with van der Waals surface area (Å²) in [6.45, 7) is 4.29. The molecule has 0 saturated carbocycles. The van der Waals surface area contributed by atoms with Gasteiger partial charge in [-0.3, -0.25) is 0 Å². The lowest BCUT2D eigenvalue weighted by atomic mass is 10.0. The maximum Gasteiger partial charge on any atom is 0.232 e. The average molecular weight is 254 g/mol. The van der Waals surface area contributed by atoms with Gasteiger partial charge in [-0.25, -0.2) is 0 Å². The number of ether oxygens (including phenoxy) is 2. The van der Waals surface area contributed by atoms with Crippen LogP contribution in [0.15, 0.2) is 0 Å². The third kappa shape index (κ3) is 7.74. The molecule has 18 heavy (non-hydrogen) atoms. The first kappa shape index (κ1) is 17.5. The van der Waals surface area contributed by atoms with Gasteiger partial charge in [0.2, 0.25) is 5.79 Å². The Morgan fingerprint density at radius 1 is 0.833 bits per heavy atom. The fourth-order valence-electron chi connectivity index (χ4n) is 1.99. The van der Waals surface area contributed by atoms with Crippen LogP contribution in [0.4, 0.5) is 0 Å². The van der Waals surface area contributed by atoms with Crippen molar-refractivity contribution in [3.8, 4) is 11.8 Å². The summed E-state index contributed by atoms with van der Waals surface area (Å²) >= 11 is 0. The van der Waals surface area contributed by atoms with Crippen molar-refractivity contribution in [1.29, 1.82) is 0 Å². The largest absolute Gasteiger partial charge is 0.343 e. The molecule has 0 rings (SSSR count). The molecule has 0 unspecified atom stereocenters. The zero-order chi connectivity index (χ0) is 13.7. The van der Waals surface area contributed by atoms with Crippen molar-refractivity contribution < 1.29 is 9.47 Å². The molecule has 0 N–H and O–H groups in total. The number of hydrogen-bond donors (Lipinski definition) is 0. The Balaban J connectivity index is 3.84. The SMILES string of the molecule is CCC#CC(CCCCCCCCC)(OC)OC. The van der Waals surface area contributed by atoms with Crippen LogP contribution >= 0.6 is 0 Å². The molecule has 0 bridgehead atoms. The highest BCUT2D eigenvalue weighted by Crippen LogP contribution is 2.20. The van der Waals surface area contributed by atoms with E-state index in [4.69, 9.17) is 9.47 Å². The van der Waals surface area contributed by atoms with Crippen molar-refractivity contribution in [2.24, 2.45) is 0 Å². The lowest BCUT2D eigenvalue weighted by Gasteiger charge is -2.25. The van der Waals surface area contributed by atoms with Crippen molar-refractivity contribution >= 4 is 0 Å². The van der Waals surface area contributed by atoms with Crippen LogP contribution in [0.1, 0.15) is 71.6 Å². The van der Waals surface area contributed by atoms with Crippen LogP contribution in [0.3, 0.4) is 0 Å². The van der Waals surface area contributed by atoms with E-state index in [0.717, 1.165) is 19.3 Å². The molecule has 0 aromatic carbocycles. The van der Waals surface area contributed by atoms with E-state index < -0.39 is 5.79 Å². The highest BCUT2D eigenvalue weighted by Gasteiger charge is 2.25. The van der Waals surface area contributed by atoms with E-state index >= 15 is 0 Å². The van der Waals surface area contributed by atoms with Crippen LogP contribution in [0.25, 0.3) is 0 Å². The van der Waals surface area contributed by atoms with E-state index in [2.05, 4.69) is 18.8 Å². The van der Waals surface area contributed by atoms with Crippen molar-refractivity contribution in [3.63, 3.8) is 0 Å². The highest BCUT2D eigenvalue weighted by atomic mass is 16.7. The predicted octanol–water partition coefficient (Wildman–Crippen LogP) is 4.53.